The molecule has 2 aromatic carbocycles. The molecule has 0 bridgehead atoms. The monoisotopic (exact) mass is 442 g/mol. The van der Waals surface area contributed by atoms with E-state index < -0.39 is 5.82 Å². The minimum Gasteiger partial charge on any atom is -0.339 e. The third-order valence-corrected chi connectivity index (χ3v) is 5.78. The third kappa shape index (κ3) is 5.29. The molecule has 1 fully saturated rings. The second kappa shape index (κ2) is 9.58. The van der Waals surface area contributed by atoms with Crippen LogP contribution in [0.1, 0.15) is 28.2 Å². The summed E-state index contributed by atoms with van der Waals surface area (Å²) in [4.78, 5) is 21.2. The third-order valence-electron chi connectivity index (χ3n) is 5.46. The second-order valence-electron chi connectivity index (χ2n) is 7.74. The maximum Gasteiger partial charge on any atom is 0.255 e. The van der Waals surface area contributed by atoms with E-state index in [0.717, 1.165) is 31.6 Å². The molecule has 1 aliphatic rings. The number of hydrogen-bond donors (Lipinski definition) is 0. The van der Waals surface area contributed by atoms with Gasteiger partial charge in [0, 0.05) is 38.2 Å². The Labute approximate surface area is 185 Å². The Morgan fingerprint density at radius 3 is 2.58 bits per heavy atom. The van der Waals surface area contributed by atoms with Crippen molar-refractivity contribution in [2.75, 3.05) is 32.7 Å². The second-order valence-corrected chi connectivity index (χ2v) is 8.15. The zero-order valence-corrected chi connectivity index (χ0v) is 18.1. The van der Waals surface area contributed by atoms with Crippen molar-refractivity contribution in [3.05, 3.63) is 70.3 Å². The maximum atomic E-state index is 13.2. The van der Waals surface area contributed by atoms with Gasteiger partial charge in [0.2, 0.25) is 11.7 Å². The minimum atomic E-state index is -0.446. The number of benzene rings is 2. The number of aromatic nitrogens is 2. The van der Waals surface area contributed by atoms with Crippen molar-refractivity contribution in [1.29, 1.82) is 0 Å². The van der Waals surface area contributed by atoms with E-state index in [9.17, 15) is 9.18 Å². The van der Waals surface area contributed by atoms with Gasteiger partial charge in [-0.1, -0.05) is 46.6 Å². The summed E-state index contributed by atoms with van der Waals surface area (Å²) >= 11 is 6.03. The first-order chi connectivity index (χ1) is 15.0. The summed E-state index contributed by atoms with van der Waals surface area (Å²) in [7, 11) is 0. The molecule has 0 radical (unpaired) electrons. The molecule has 2 heterocycles. The minimum absolute atomic E-state index is 0.150. The Morgan fingerprint density at radius 2 is 1.87 bits per heavy atom. The molecule has 3 aromatic rings. The number of aryl methyl sites for hydroxylation is 2. The molecule has 162 valence electrons. The molecule has 1 amide bonds. The van der Waals surface area contributed by atoms with Gasteiger partial charge in [-0.05, 0) is 38.1 Å². The molecule has 0 saturated carbocycles. The van der Waals surface area contributed by atoms with Crippen LogP contribution in [0.4, 0.5) is 4.39 Å². The molecule has 1 aliphatic heterocycles. The van der Waals surface area contributed by atoms with E-state index in [1.54, 1.807) is 4.90 Å². The van der Waals surface area contributed by atoms with E-state index >= 15 is 0 Å². The molecule has 0 aliphatic carbocycles. The van der Waals surface area contributed by atoms with E-state index in [1.165, 1.54) is 23.8 Å². The SMILES string of the molecule is Cc1ccc(-c2noc(CCCN3CCN(C(=O)c4ccc(F)cc4Cl)CC3)n2)cc1. The summed E-state index contributed by atoms with van der Waals surface area (Å²) in [5.41, 5.74) is 2.48. The number of hydrogen-bond acceptors (Lipinski definition) is 5. The Kier molecular flexibility index (Phi) is 6.63. The molecule has 4 rings (SSSR count). The summed E-state index contributed by atoms with van der Waals surface area (Å²) in [5, 5.41) is 4.22. The summed E-state index contributed by atoms with van der Waals surface area (Å²) < 4.78 is 18.6. The van der Waals surface area contributed by atoms with Crippen LogP contribution in [0.25, 0.3) is 11.4 Å². The highest BCUT2D eigenvalue weighted by atomic mass is 35.5. The summed E-state index contributed by atoms with van der Waals surface area (Å²) in [6.45, 7) is 5.72. The maximum absolute atomic E-state index is 13.2. The smallest absolute Gasteiger partial charge is 0.255 e. The number of amides is 1. The van der Waals surface area contributed by atoms with Gasteiger partial charge in [-0.3, -0.25) is 9.69 Å². The highest BCUT2D eigenvalue weighted by Crippen LogP contribution is 2.20. The number of rotatable bonds is 6. The van der Waals surface area contributed by atoms with Crippen LogP contribution in [-0.2, 0) is 6.42 Å². The molecular formula is C23H24ClFN4O2. The van der Waals surface area contributed by atoms with E-state index in [0.29, 0.717) is 36.8 Å². The van der Waals surface area contributed by atoms with Crippen LogP contribution in [0.3, 0.4) is 0 Å². The summed E-state index contributed by atoms with van der Waals surface area (Å²) in [6, 6.07) is 11.9. The quantitative estimate of drug-likeness (QED) is 0.571. The van der Waals surface area contributed by atoms with E-state index in [-0.39, 0.29) is 10.9 Å². The Bertz CT molecular complexity index is 1050. The van der Waals surface area contributed by atoms with Crippen LogP contribution < -0.4 is 0 Å². The summed E-state index contributed by atoms with van der Waals surface area (Å²) in [6.07, 6.45) is 1.61. The standard InChI is InChI=1S/C23H24ClFN4O2/c1-16-4-6-17(7-5-16)22-26-21(31-27-22)3-2-10-28-11-13-29(14-12-28)23(30)19-9-8-18(25)15-20(19)24/h4-9,15H,2-3,10-14H2,1H3. The van der Waals surface area contributed by atoms with Gasteiger partial charge >= 0.3 is 0 Å². The average Bonchev–Trinajstić information content (AvgIpc) is 3.23. The van der Waals surface area contributed by atoms with Gasteiger partial charge in [0.1, 0.15) is 5.82 Å². The Balaban J connectivity index is 1.23. The van der Waals surface area contributed by atoms with Crippen LogP contribution in [0.5, 0.6) is 0 Å². The topological polar surface area (TPSA) is 62.5 Å². The van der Waals surface area contributed by atoms with Crippen molar-refractivity contribution >= 4 is 17.5 Å². The van der Waals surface area contributed by atoms with Gasteiger partial charge in [0.25, 0.3) is 5.91 Å². The number of piperazine rings is 1. The van der Waals surface area contributed by atoms with Crippen LogP contribution in [0.15, 0.2) is 47.0 Å². The van der Waals surface area contributed by atoms with Gasteiger partial charge in [-0.2, -0.15) is 4.98 Å². The normalized spacial score (nSPS) is 14.7. The molecule has 8 heteroatoms. The Morgan fingerprint density at radius 1 is 1.13 bits per heavy atom. The van der Waals surface area contributed by atoms with Crippen LogP contribution in [0.2, 0.25) is 5.02 Å². The van der Waals surface area contributed by atoms with E-state index in [1.807, 2.05) is 31.2 Å². The number of carbonyl (C=O) groups is 1. The molecule has 1 saturated heterocycles. The number of carbonyl (C=O) groups excluding carboxylic acids is 1. The lowest BCUT2D eigenvalue weighted by atomic mass is 10.1. The lowest BCUT2D eigenvalue weighted by Gasteiger charge is -2.34. The highest BCUT2D eigenvalue weighted by Gasteiger charge is 2.23. The fourth-order valence-electron chi connectivity index (χ4n) is 3.64. The van der Waals surface area contributed by atoms with Crippen molar-refractivity contribution in [3.8, 4) is 11.4 Å². The van der Waals surface area contributed by atoms with Crippen LogP contribution in [0, 0.1) is 12.7 Å². The van der Waals surface area contributed by atoms with Crippen molar-refractivity contribution < 1.29 is 13.7 Å². The van der Waals surface area contributed by atoms with E-state index in [2.05, 4.69) is 15.0 Å². The predicted octanol–water partition coefficient (Wildman–Crippen LogP) is 4.23. The highest BCUT2D eigenvalue weighted by molar-refractivity contribution is 6.33. The van der Waals surface area contributed by atoms with Crippen molar-refractivity contribution in [2.24, 2.45) is 0 Å². The molecule has 0 spiro atoms. The Hall–Kier alpha value is -2.77. The summed E-state index contributed by atoms with van der Waals surface area (Å²) in [5.74, 6) is 0.648. The van der Waals surface area contributed by atoms with Crippen molar-refractivity contribution in [3.63, 3.8) is 0 Å². The first-order valence-electron chi connectivity index (χ1n) is 10.4. The zero-order valence-electron chi connectivity index (χ0n) is 17.4. The molecule has 31 heavy (non-hydrogen) atoms. The fourth-order valence-corrected chi connectivity index (χ4v) is 3.89. The van der Waals surface area contributed by atoms with Gasteiger partial charge in [0.05, 0.1) is 10.6 Å². The van der Waals surface area contributed by atoms with Crippen LogP contribution in [-0.4, -0.2) is 58.6 Å². The van der Waals surface area contributed by atoms with Crippen molar-refractivity contribution in [1.82, 2.24) is 19.9 Å². The molecule has 6 nitrogen and oxygen atoms in total. The lowest BCUT2D eigenvalue weighted by Crippen LogP contribution is -2.48. The average molecular weight is 443 g/mol. The molecule has 0 atom stereocenters. The largest absolute Gasteiger partial charge is 0.339 e. The molecule has 1 aromatic heterocycles. The zero-order chi connectivity index (χ0) is 21.8. The van der Waals surface area contributed by atoms with Gasteiger partial charge in [-0.25, -0.2) is 4.39 Å². The molecule has 0 unspecified atom stereocenters. The molecule has 0 N–H and O–H groups in total. The first kappa shape index (κ1) is 21.5. The number of nitrogens with zero attached hydrogens (tertiary/aromatic N) is 4. The fraction of sp³-hybridized carbons (Fsp3) is 0.348. The number of halogens is 2. The van der Waals surface area contributed by atoms with Gasteiger partial charge in [-0.15, -0.1) is 0 Å². The first-order valence-corrected chi connectivity index (χ1v) is 10.7. The lowest BCUT2D eigenvalue weighted by molar-refractivity contribution is 0.0635. The van der Waals surface area contributed by atoms with Gasteiger partial charge in [0.15, 0.2) is 0 Å². The predicted molar refractivity (Wildman–Crippen MR) is 117 cm³/mol. The van der Waals surface area contributed by atoms with Crippen LogP contribution >= 0.6 is 11.6 Å². The van der Waals surface area contributed by atoms with E-state index in [4.69, 9.17) is 16.1 Å². The van der Waals surface area contributed by atoms with Crippen molar-refractivity contribution in [2.45, 2.75) is 19.8 Å². The van der Waals surface area contributed by atoms with Gasteiger partial charge < -0.3 is 9.42 Å². The molecular weight excluding hydrogens is 419 g/mol.